The first-order valence-electron chi connectivity index (χ1n) is 8.55. The Bertz CT molecular complexity index is 1060. The molecule has 2 heterocycles. The monoisotopic (exact) mass is 340 g/mol. The molecular formula is C22H20N4. The van der Waals surface area contributed by atoms with Crippen molar-refractivity contribution in [2.24, 2.45) is 7.05 Å². The van der Waals surface area contributed by atoms with Crippen molar-refractivity contribution < 1.29 is 0 Å². The summed E-state index contributed by atoms with van der Waals surface area (Å²) in [6.07, 6.45) is 6.56. The first-order valence-corrected chi connectivity index (χ1v) is 8.55. The number of aryl methyl sites for hydroxylation is 1. The summed E-state index contributed by atoms with van der Waals surface area (Å²) in [4.78, 5) is 4.51. The highest BCUT2D eigenvalue weighted by atomic mass is 15.2. The van der Waals surface area contributed by atoms with E-state index >= 15 is 0 Å². The lowest BCUT2D eigenvalue weighted by atomic mass is 10.0. The molecule has 0 atom stereocenters. The van der Waals surface area contributed by atoms with Gasteiger partial charge >= 0.3 is 0 Å². The molecule has 128 valence electrons. The van der Waals surface area contributed by atoms with Gasteiger partial charge in [0, 0.05) is 42.5 Å². The zero-order valence-electron chi connectivity index (χ0n) is 14.7. The summed E-state index contributed by atoms with van der Waals surface area (Å²) in [7, 11) is 1.93. The summed E-state index contributed by atoms with van der Waals surface area (Å²) in [6, 6.07) is 18.7. The van der Waals surface area contributed by atoms with E-state index in [0.717, 1.165) is 39.8 Å². The number of nitrogens with one attached hydrogen (secondary N) is 1. The minimum Gasteiger partial charge on any atom is -0.344 e. The van der Waals surface area contributed by atoms with Crippen LogP contribution >= 0.6 is 0 Å². The predicted octanol–water partition coefficient (Wildman–Crippen LogP) is 4.80. The van der Waals surface area contributed by atoms with Crippen LogP contribution < -0.4 is 5.32 Å². The third-order valence-electron chi connectivity index (χ3n) is 4.33. The standard InChI is InChI=1S/C22H20N4/c1-16(10-17-6-4-3-5-7-17)25-22-12-20-11-18(8-9-19(20)13-23-22)21-14-24-26(2)15-21/h3-9,11-15H,1,10H2,2H3,(H,23,25). The maximum atomic E-state index is 4.51. The summed E-state index contributed by atoms with van der Waals surface area (Å²) in [6.45, 7) is 4.13. The molecule has 0 spiro atoms. The topological polar surface area (TPSA) is 42.7 Å². The SMILES string of the molecule is C=C(Cc1ccccc1)Nc1cc2cc(-c3cnn(C)c3)ccc2cn1. The molecule has 4 nitrogen and oxygen atoms in total. The molecule has 1 N–H and O–H groups in total. The van der Waals surface area contributed by atoms with E-state index in [4.69, 9.17) is 0 Å². The molecule has 0 amide bonds. The second-order valence-corrected chi connectivity index (χ2v) is 6.43. The first kappa shape index (κ1) is 16.1. The molecule has 0 aliphatic rings. The minimum absolute atomic E-state index is 0.774. The van der Waals surface area contributed by atoms with Gasteiger partial charge in [-0.1, -0.05) is 49.0 Å². The second kappa shape index (κ2) is 6.84. The number of pyridine rings is 1. The zero-order valence-corrected chi connectivity index (χ0v) is 14.7. The fourth-order valence-electron chi connectivity index (χ4n) is 3.03. The summed E-state index contributed by atoms with van der Waals surface area (Å²) >= 11 is 0. The Kier molecular flexibility index (Phi) is 4.23. The Balaban J connectivity index is 1.57. The van der Waals surface area contributed by atoms with Gasteiger partial charge < -0.3 is 5.32 Å². The average molecular weight is 340 g/mol. The lowest BCUT2D eigenvalue weighted by Crippen LogP contribution is -2.03. The fraction of sp³-hybridized carbons (Fsp3) is 0.0909. The molecule has 2 aromatic carbocycles. The van der Waals surface area contributed by atoms with Gasteiger partial charge in [-0.2, -0.15) is 5.10 Å². The fourth-order valence-corrected chi connectivity index (χ4v) is 3.03. The highest BCUT2D eigenvalue weighted by Crippen LogP contribution is 2.25. The van der Waals surface area contributed by atoms with Crippen LogP contribution in [0.15, 0.2) is 85.5 Å². The third kappa shape index (κ3) is 3.49. The van der Waals surface area contributed by atoms with Crippen LogP contribution in [0.3, 0.4) is 0 Å². The normalized spacial score (nSPS) is 10.8. The van der Waals surface area contributed by atoms with Crippen LogP contribution in [-0.2, 0) is 13.5 Å². The van der Waals surface area contributed by atoms with Gasteiger partial charge in [-0.25, -0.2) is 4.98 Å². The third-order valence-corrected chi connectivity index (χ3v) is 4.33. The maximum Gasteiger partial charge on any atom is 0.130 e. The lowest BCUT2D eigenvalue weighted by molar-refractivity contribution is 0.768. The van der Waals surface area contributed by atoms with Crippen molar-refractivity contribution in [1.29, 1.82) is 0 Å². The summed E-state index contributed by atoms with van der Waals surface area (Å²) in [5, 5.41) is 9.82. The van der Waals surface area contributed by atoms with Crippen LogP contribution in [0, 0.1) is 0 Å². The van der Waals surface area contributed by atoms with Crippen molar-refractivity contribution in [2.45, 2.75) is 6.42 Å². The van der Waals surface area contributed by atoms with Gasteiger partial charge in [0.1, 0.15) is 5.82 Å². The van der Waals surface area contributed by atoms with E-state index < -0.39 is 0 Å². The van der Waals surface area contributed by atoms with Gasteiger partial charge in [0.25, 0.3) is 0 Å². The largest absolute Gasteiger partial charge is 0.344 e. The van der Waals surface area contributed by atoms with Gasteiger partial charge in [0.15, 0.2) is 0 Å². The Morgan fingerprint density at radius 1 is 1.00 bits per heavy atom. The highest BCUT2D eigenvalue weighted by Gasteiger charge is 2.05. The van der Waals surface area contributed by atoms with Crippen molar-refractivity contribution >= 4 is 16.6 Å². The van der Waals surface area contributed by atoms with Crippen LogP contribution in [-0.4, -0.2) is 14.8 Å². The molecule has 0 aliphatic carbocycles. The number of hydrogen-bond donors (Lipinski definition) is 1. The molecule has 0 saturated heterocycles. The quantitative estimate of drug-likeness (QED) is 0.567. The molecule has 0 saturated carbocycles. The number of aromatic nitrogens is 3. The van der Waals surface area contributed by atoms with Crippen molar-refractivity contribution in [3.63, 3.8) is 0 Å². The van der Waals surface area contributed by atoms with E-state index in [2.05, 4.69) is 58.4 Å². The Hall–Kier alpha value is -3.40. The molecule has 0 aliphatic heterocycles. The van der Waals surface area contributed by atoms with Crippen LogP contribution in [0.1, 0.15) is 5.56 Å². The average Bonchev–Trinajstić information content (AvgIpc) is 3.08. The minimum atomic E-state index is 0.774. The van der Waals surface area contributed by atoms with Crippen molar-refractivity contribution in [3.05, 3.63) is 91.0 Å². The molecule has 0 fully saturated rings. The van der Waals surface area contributed by atoms with Crippen LogP contribution in [0.5, 0.6) is 0 Å². The van der Waals surface area contributed by atoms with Gasteiger partial charge in [0.2, 0.25) is 0 Å². The smallest absolute Gasteiger partial charge is 0.130 e. The van der Waals surface area contributed by atoms with Gasteiger partial charge in [-0.05, 0) is 28.6 Å². The van der Waals surface area contributed by atoms with Crippen LogP contribution in [0.2, 0.25) is 0 Å². The van der Waals surface area contributed by atoms with Crippen molar-refractivity contribution in [3.8, 4) is 11.1 Å². The van der Waals surface area contributed by atoms with E-state index in [-0.39, 0.29) is 0 Å². The number of nitrogens with zero attached hydrogens (tertiary/aromatic N) is 3. The number of fused-ring (bicyclic) bond motifs is 1. The molecule has 0 radical (unpaired) electrons. The summed E-state index contributed by atoms with van der Waals surface area (Å²) < 4.78 is 1.81. The number of benzene rings is 2. The Morgan fingerprint density at radius 3 is 2.62 bits per heavy atom. The highest BCUT2D eigenvalue weighted by molar-refractivity contribution is 5.88. The van der Waals surface area contributed by atoms with Crippen LogP contribution in [0.25, 0.3) is 21.9 Å². The summed E-state index contributed by atoms with van der Waals surface area (Å²) in [5.41, 5.74) is 4.40. The number of anilines is 1. The molecule has 4 heteroatoms. The molecule has 0 unspecified atom stereocenters. The predicted molar refractivity (Wildman–Crippen MR) is 107 cm³/mol. The van der Waals surface area contributed by atoms with E-state index in [0.29, 0.717) is 0 Å². The second-order valence-electron chi connectivity index (χ2n) is 6.43. The van der Waals surface area contributed by atoms with Gasteiger partial charge in [-0.3, -0.25) is 4.68 Å². The van der Waals surface area contributed by atoms with E-state index in [1.54, 1.807) is 0 Å². The van der Waals surface area contributed by atoms with E-state index in [1.165, 1.54) is 5.56 Å². The van der Waals surface area contributed by atoms with E-state index in [9.17, 15) is 0 Å². The Morgan fingerprint density at radius 2 is 1.85 bits per heavy atom. The van der Waals surface area contributed by atoms with Gasteiger partial charge in [0.05, 0.1) is 6.20 Å². The molecule has 0 bridgehead atoms. The summed E-state index contributed by atoms with van der Waals surface area (Å²) in [5.74, 6) is 0.807. The first-order chi connectivity index (χ1) is 12.7. The molecule has 26 heavy (non-hydrogen) atoms. The number of rotatable bonds is 5. The Labute approximate surface area is 152 Å². The number of hydrogen-bond acceptors (Lipinski definition) is 3. The van der Waals surface area contributed by atoms with Crippen molar-refractivity contribution in [1.82, 2.24) is 14.8 Å². The van der Waals surface area contributed by atoms with Gasteiger partial charge in [-0.15, -0.1) is 0 Å². The van der Waals surface area contributed by atoms with Crippen LogP contribution in [0.4, 0.5) is 5.82 Å². The molecule has 4 aromatic rings. The maximum absolute atomic E-state index is 4.51. The number of allylic oxidation sites excluding steroid dienone is 1. The molecule has 4 rings (SSSR count). The molecular weight excluding hydrogens is 320 g/mol. The van der Waals surface area contributed by atoms with Crippen molar-refractivity contribution in [2.75, 3.05) is 5.32 Å². The lowest BCUT2D eigenvalue weighted by Gasteiger charge is -2.10. The zero-order chi connectivity index (χ0) is 17.9. The molecule has 2 aromatic heterocycles. The van der Waals surface area contributed by atoms with E-state index in [1.807, 2.05) is 48.5 Å².